The molecule has 32 heavy (non-hydrogen) atoms. The van der Waals surface area contributed by atoms with Crippen LogP contribution in [0.2, 0.25) is 0 Å². The molecule has 6 nitrogen and oxygen atoms in total. The molecule has 2 aromatic heterocycles. The minimum absolute atomic E-state index is 0.246. The van der Waals surface area contributed by atoms with Crippen molar-refractivity contribution < 1.29 is 0 Å². The van der Waals surface area contributed by atoms with Crippen LogP contribution in [0.1, 0.15) is 18.5 Å². The number of aromatic amines is 1. The molecule has 0 aliphatic carbocycles. The number of nitriles is 1. The zero-order valence-corrected chi connectivity index (χ0v) is 18.9. The average Bonchev–Trinajstić information content (AvgIpc) is 3.27. The van der Waals surface area contributed by atoms with E-state index in [9.17, 15) is 0 Å². The SMILES string of the molecule is CN1CCN(c2ccc(-c3nccc4[nH]c(CCN5CCC(C#N)CC5)cc34)cc2)CC1. The van der Waals surface area contributed by atoms with Crippen molar-refractivity contribution in [3.63, 3.8) is 0 Å². The van der Waals surface area contributed by atoms with Gasteiger partial charge in [-0.25, -0.2) is 0 Å². The monoisotopic (exact) mass is 428 g/mol. The Labute approximate surface area is 190 Å². The maximum Gasteiger partial charge on any atom is 0.0795 e. The van der Waals surface area contributed by atoms with Crippen LogP contribution in [0.3, 0.4) is 0 Å². The van der Waals surface area contributed by atoms with Crippen molar-refractivity contribution in [3.05, 3.63) is 48.3 Å². The second-order valence-corrected chi connectivity index (χ2v) is 9.25. The predicted octanol–water partition coefficient (Wildman–Crippen LogP) is 3.76. The Morgan fingerprint density at radius 1 is 1.03 bits per heavy atom. The maximum atomic E-state index is 9.09. The van der Waals surface area contributed by atoms with E-state index in [2.05, 4.69) is 69.2 Å². The summed E-state index contributed by atoms with van der Waals surface area (Å²) >= 11 is 0. The molecule has 2 aliphatic heterocycles. The van der Waals surface area contributed by atoms with E-state index in [0.29, 0.717) is 0 Å². The van der Waals surface area contributed by atoms with E-state index < -0.39 is 0 Å². The summed E-state index contributed by atoms with van der Waals surface area (Å²) in [5.74, 6) is 0.246. The number of piperazine rings is 1. The molecule has 0 spiro atoms. The van der Waals surface area contributed by atoms with E-state index in [4.69, 9.17) is 10.2 Å². The van der Waals surface area contributed by atoms with Gasteiger partial charge in [0, 0.05) is 79.1 Å². The van der Waals surface area contributed by atoms with Gasteiger partial charge in [0.1, 0.15) is 0 Å². The zero-order chi connectivity index (χ0) is 21.9. The largest absolute Gasteiger partial charge is 0.369 e. The van der Waals surface area contributed by atoms with Gasteiger partial charge in [0.15, 0.2) is 0 Å². The minimum Gasteiger partial charge on any atom is -0.369 e. The fourth-order valence-electron chi connectivity index (χ4n) is 4.94. The Kier molecular flexibility index (Phi) is 6.11. The van der Waals surface area contributed by atoms with Gasteiger partial charge in [-0.2, -0.15) is 5.26 Å². The maximum absolute atomic E-state index is 9.09. The normalized spacial score (nSPS) is 18.8. The first-order valence-corrected chi connectivity index (χ1v) is 11.8. The van der Waals surface area contributed by atoms with Gasteiger partial charge in [0.25, 0.3) is 0 Å². The number of anilines is 1. The van der Waals surface area contributed by atoms with Gasteiger partial charge in [-0.05, 0) is 57.2 Å². The molecule has 2 fully saturated rings. The van der Waals surface area contributed by atoms with E-state index >= 15 is 0 Å². The van der Waals surface area contributed by atoms with E-state index in [-0.39, 0.29) is 5.92 Å². The number of benzene rings is 1. The van der Waals surface area contributed by atoms with E-state index in [1.807, 2.05) is 6.20 Å². The Morgan fingerprint density at radius 2 is 1.78 bits per heavy atom. The van der Waals surface area contributed by atoms with Crippen molar-refractivity contribution in [3.8, 4) is 17.3 Å². The van der Waals surface area contributed by atoms with E-state index in [1.165, 1.54) is 16.8 Å². The Morgan fingerprint density at radius 3 is 2.50 bits per heavy atom. The van der Waals surface area contributed by atoms with Crippen LogP contribution in [0, 0.1) is 17.2 Å². The molecule has 0 amide bonds. The molecule has 0 radical (unpaired) electrons. The lowest BCUT2D eigenvalue weighted by Gasteiger charge is -2.34. The Hall–Kier alpha value is -2.88. The fourth-order valence-corrected chi connectivity index (χ4v) is 4.94. The number of nitrogens with one attached hydrogen (secondary N) is 1. The smallest absolute Gasteiger partial charge is 0.0795 e. The molecule has 0 atom stereocenters. The fraction of sp³-hybridized carbons (Fsp3) is 0.462. The minimum atomic E-state index is 0.246. The topological polar surface area (TPSA) is 62.2 Å². The molecule has 166 valence electrons. The summed E-state index contributed by atoms with van der Waals surface area (Å²) in [6.07, 6.45) is 4.90. The van der Waals surface area contributed by atoms with Gasteiger partial charge in [0.2, 0.25) is 0 Å². The lowest BCUT2D eigenvalue weighted by Crippen LogP contribution is -2.44. The molecule has 0 unspecified atom stereocenters. The molecule has 0 saturated carbocycles. The first-order chi connectivity index (χ1) is 15.7. The van der Waals surface area contributed by atoms with Crippen LogP contribution in [0.4, 0.5) is 5.69 Å². The van der Waals surface area contributed by atoms with Crippen LogP contribution < -0.4 is 4.90 Å². The summed E-state index contributed by atoms with van der Waals surface area (Å²) in [6.45, 7) is 7.50. The van der Waals surface area contributed by atoms with Gasteiger partial charge in [0.05, 0.1) is 11.8 Å². The number of pyridine rings is 1. The lowest BCUT2D eigenvalue weighted by atomic mass is 9.98. The third-order valence-corrected chi connectivity index (χ3v) is 7.08. The summed E-state index contributed by atoms with van der Waals surface area (Å²) in [6, 6.07) is 15.6. The van der Waals surface area contributed by atoms with Crippen LogP contribution >= 0.6 is 0 Å². The molecule has 3 aromatic rings. The van der Waals surface area contributed by atoms with E-state index in [1.54, 1.807) is 0 Å². The number of fused-ring (bicyclic) bond motifs is 1. The van der Waals surface area contributed by atoms with Gasteiger partial charge in [-0.3, -0.25) is 4.98 Å². The van der Waals surface area contributed by atoms with Crippen molar-refractivity contribution in [1.82, 2.24) is 19.8 Å². The molecule has 6 heteroatoms. The molecular weight excluding hydrogens is 396 g/mol. The third kappa shape index (κ3) is 4.50. The number of H-pyrrole nitrogens is 1. The van der Waals surface area contributed by atoms with Crippen LogP contribution in [0.15, 0.2) is 42.6 Å². The van der Waals surface area contributed by atoms with Crippen molar-refractivity contribution in [2.45, 2.75) is 19.3 Å². The summed E-state index contributed by atoms with van der Waals surface area (Å²) in [4.78, 5) is 15.7. The molecule has 2 aliphatic rings. The molecule has 0 bridgehead atoms. The van der Waals surface area contributed by atoms with Crippen molar-refractivity contribution in [2.75, 3.05) is 57.8 Å². The highest BCUT2D eigenvalue weighted by Gasteiger charge is 2.19. The summed E-state index contributed by atoms with van der Waals surface area (Å²) in [5, 5.41) is 10.3. The van der Waals surface area contributed by atoms with Gasteiger partial charge < -0.3 is 19.7 Å². The van der Waals surface area contributed by atoms with Crippen LogP contribution in [0.5, 0.6) is 0 Å². The van der Waals surface area contributed by atoms with Gasteiger partial charge in [-0.15, -0.1) is 0 Å². The summed E-state index contributed by atoms with van der Waals surface area (Å²) in [7, 11) is 2.19. The number of hydrogen-bond donors (Lipinski definition) is 1. The Bertz CT molecular complexity index is 1080. The number of likely N-dealkylation sites (N-methyl/N-ethyl adjacent to an activating group) is 1. The quantitative estimate of drug-likeness (QED) is 0.670. The number of piperidine rings is 1. The third-order valence-electron chi connectivity index (χ3n) is 7.08. The Balaban J connectivity index is 1.29. The number of nitrogens with zero attached hydrogens (tertiary/aromatic N) is 5. The van der Waals surface area contributed by atoms with Crippen molar-refractivity contribution in [1.29, 1.82) is 5.26 Å². The molecular formula is C26H32N6. The van der Waals surface area contributed by atoms with Crippen LogP contribution in [-0.4, -0.2) is 72.6 Å². The zero-order valence-electron chi connectivity index (χ0n) is 18.9. The van der Waals surface area contributed by atoms with Gasteiger partial charge in [-0.1, -0.05) is 12.1 Å². The molecule has 1 N–H and O–H groups in total. The second-order valence-electron chi connectivity index (χ2n) is 9.25. The highest BCUT2D eigenvalue weighted by Crippen LogP contribution is 2.29. The summed E-state index contributed by atoms with van der Waals surface area (Å²) in [5.41, 5.74) is 5.91. The number of hydrogen-bond acceptors (Lipinski definition) is 5. The first-order valence-electron chi connectivity index (χ1n) is 11.8. The highest BCUT2D eigenvalue weighted by atomic mass is 15.2. The van der Waals surface area contributed by atoms with Crippen LogP contribution in [-0.2, 0) is 6.42 Å². The summed E-state index contributed by atoms with van der Waals surface area (Å²) < 4.78 is 0. The average molecular weight is 429 g/mol. The van der Waals surface area contributed by atoms with Crippen molar-refractivity contribution in [2.24, 2.45) is 5.92 Å². The first kappa shape index (κ1) is 21.0. The predicted molar refractivity (Wildman–Crippen MR) is 130 cm³/mol. The van der Waals surface area contributed by atoms with E-state index in [0.717, 1.165) is 81.8 Å². The number of aromatic nitrogens is 2. The molecule has 4 heterocycles. The molecule has 5 rings (SSSR count). The lowest BCUT2D eigenvalue weighted by molar-refractivity contribution is 0.207. The second kappa shape index (κ2) is 9.32. The highest BCUT2D eigenvalue weighted by molar-refractivity contribution is 5.93. The molecule has 2 saturated heterocycles. The number of likely N-dealkylation sites (tertiary alicyclic amines) is 1. The standard InChI is InChI=1S/C26H32N6/c1-30-14-16-32(17-15-30)23-4-2-21(3-5-23)26-24-18-22(29-25(24)6-10-28-26)9-13-31-11-7-20(19-27)8-12-31/h2-6,10,18,20,29H,7-9,11-17H2,1H3. The number of rotatable bonds is 5. The van der Waals surface area contributed by atoms with Gasteiger partial charge >= 0.3 is 0 Å². The molecule has 1 aromatic carbocycles. The van der Waals surface area contributed by atoms with Crippen LogP contribution in [0.25, 0.3) is 22.2 Å². The van der Waals surface area contributed by atoms with Crippen molar-refractivity contribution >= 4 is 16.6 Å².